The van der Waals surface area contributed by atoms with E-state index >= 15 is 0 Å². The third-order valence-electron chi connectivity index (χ3n) is 5.40. The number of fused-ring (bicyclic) bond motifs is 3. The second-order valence-corrected chi connectivity index (χ2v) is 8.58. The summed E-state index contributed by atoms with van der Waals surface area (Å²) in [5.41, 5.74) is 5.88. The van der Waals surface area contributed by atoms with Crippen LogP contribution < -0.4 is 5.32 Å². The van der Waals surface area contributed by atoms with E-state index in [9.17, 15) is 0 Å². The maximum Gasteiger partial charge on any atom is 0.160 e. The zero-order valence-corrected chi connectivity index (χ0v) is 18.2. The standard InChI is InChI=1S/C23H19N7S/c1-13-14(2)31-23-21(13)22(26-12-20-29-28-15(3)30(20)23)17-5-7-18(8-6-17)27-19-9-4-16(10-24)11-25-19/h4-9,11H,12H2,1-3H3,(H,25,27). The maximum atomic E-state index is 8.91. The fourth-order valence-electron chi connectivity index (χ4n) is 3.68. The van der Waals surface area contributed by atoms with Crippen LogP contribution in [0.1, 0.15) is 38.8 Å². The Hall–Kier alpha value is -3.83. The van der Waals surface area contributed by atoms with E-state index in [1.807, 2.05) is 19.1 Å². The van der Waals surface area contributed by atoms with Crippen molar-refractivity contribution in [3.8, 4) is 11.1 Å². The number of anilines is 2. The summed E-state index contributed by atoms with van der Waals surface area (Å²) >= 11 is 1.76. The Balaban J connectivity index is 1.50. The van der Waals surface area contributed by atoms with E-state index in [-0.39, 0.29) is 0 Å². The number of rotatable bonds is 3. The van der Waals surface area contributed by atoms with E-state index in [1.54, 1.807) is 29.7 Å². The molecule has 1 aliphatic heterocycles. The molecule has 1 aliphatic rings. The third-order valence-corrected chi connectivity index (χ3v) is 6.59. The molecule has 1 aromatic carbocycles. The average Bonchev–Trinajstić information content (AvgIpc) is 3.23. The molecule has 8 heteroatoms. The summed E-state index contributed by atoms with van der Waals surface area (Å²) in [7, 11) is 0. The molecule has 0 radical (unpaired) electrons. The highest BCUT2D eigenvalue weighted by Crippen LogP contribution is 2.36. The SMILES string of the molecule is Cc1sc2c(c1C)C(c1ccc(Nc3ccc(C#N)cn3)cc1)=NCc1nnc(C)n1-2. The van der Waals surface area contributed by atoms with Crippen molar-refractivity contribution < 1.29 is 0 Å². The van der Waals surface area contributed by atoms with Crippen LogP contribution in [0.3, 0.4) is 0 Å². The Morgan fingerprint density at radius 2 is 1.87 bits per heavy atom. The molecule has 5 rings (SSSR count). The highest BCUT2D eigenvalue weighted by molar-refractivity contribution is 7.15. The van der Waals surface area contributed by atoms with Gasteiger partial charge in [-0.3, -0.25) is 9.56 Å². The van der Waals surface area contributed by atoms with Crippen molar-refractivity contribution in [2.45, 2.75) is 27.3 Å². The largest absolute Gasteiger partial charge is 0.340 e. The van der Waals surface area contributed by atoms with Crippen molar-refractivity contribution in [2.75, 3.05) is 5.32 Å². The van der Waals surface area contributed by atoms with Gasteiger partial charge in [-0.15, -0.1) is 21.5 Å². The van der Waals surface area contributed by atoms with Crippen LogP contribution in [0.5, 0.6) is 0 Å². The maximum absolute atomic E-state index is 8.91. The number of pyridine rings is 1. The van der Waals surface area contributed by atoms with Gasteiger partial charge in [0.25, 0.3) is 0 Å². The zero-order valence-electron chi connectivity index (χ0n) is 17.3. The van der Waals surface area contributed by atoms with Crippen molar-refractivity contribution >= 4 is 28.6 Å². The molecular weight excluding hydrogens is 406 g/mol. The lowest BCUT2D eigenvalue weighted by Crippen LogP contribution is -2.07. The van der Waals surface area contributed by atoms with Gasteiger partial charge in [0.05, 0.1) is 11.3 Å². The minimum absolute atomic E-state index is 0.491. The molecule has 0 amide bonds. The van der Waals surface area contributed by atoms with Crippen molar-refractivity contribution in [3.63, 3.8) is 0 Å². The Morgan fingerprint density at radius 1 is 1.06 bits per heavy atom. The Bertz CT molecular complexity index is 1350. The van der Waals surface area contributed by atoms with E-state index in [2.05, 4.69) is 57.1 Å². The lowest BCUT2D eigenvalue weighted by molar-refractivity contribution is 0.869. The van der Waals surface area contributed by atoms with E-state index in [0.29, 0.717) is 17.9 Å². The highest BCUT2D eigenvalue weighted by atomic mass is 32.1. The van der Waals surface area contributed by atoms with E-state index < -0.39 is 0 Å². The number of hydrogen-bond acceptors (Lipinski definition) is 7. The van der Waals surface area contributed by atoms with Crippen molar-refractivity contribution in [2.24, 2.45) is 4.99 Å². The molecule has 0 atom stereocenters. The predicted octanol–water partition coefficient (Wildman–Crippen LogP) is 4.62. The van der Waals surface area contributed by atoms with Crippen LogP contribution in [0.25, 0.3) is 5.00 Å². The molecular formula is C23H19N7S. The van der Waals surface area contributed by atoms with Crippen LogP contribution in [0, 0.1) is 32.1 Å². The van der Waals surface area contributed by atoms with Gasteiger partial charge in [-0.2, -0.15) is 5.26 Å². The fraction of sp³-hybridized carbons (Fsp3) is 0.174. The predicted molar refractivity (Wildman–Crippen MR) is 121 cm³/mol. The topological polar surface area (TPSA) is 91.8 Å². The van der Waals surface area contributed by atoms with Crippen LogP contribution in [-0.2, 0) is 6.54 Å². The number of thiophene rings is 1. The molecule has 0 aliphatic carbocycles. The molecule has 152 valence electrons. The quantitative estimate of drug-likeness (QED) is 0.517. The molecule has 4 heterocycles. The monoisotopic (exact) mass is 425 g/mol. The summed E-state index contributed by atoms with van der Waals surface area (Å²) < 4.78 is 2.13. The van der Waals surface area contributed by atoms with E-state index in [1.165, 1.54) is 10.4 Å². The number of benzene rings is 1. The van der Waals surface area contributed by atoms with Crippen LogP contribution in [0.15, 0.2) is 47.6 Å². The molecule has 1 N–H and O–H groups in total. The molecule has 0 saturated carbocycles. The zero-order chi connectivity index (χ0) is 21.5. The summed E-state index contributed by atoms with van der Waals surface area (Å²) in [4.78, 5) is 10.5. The lowest BCUT2D eigenvalue weighted by atomic mass is 9.99. The molecule has 0 spiro atoms. The van der Waals surface area contributed by atoms with E-state index in [0.717, 1.165) is 39.2 Å². The number of hydrogen-bond donors (Lipinski definition) is 1. The molecule has 0 bridgehead atoms. The van der Waals surface area contributed by atoms with Gasteiger partial charge in [0.15, 0.2) is 5.82 Å². The number of nitrogens with zero attached hydrogens (tertiary/aromatic N) is 6. The van der Waals surface area contributed by atoms with Gasteiger partial charge in [0, 0.05) is 27.9 Å². The first-order chi connectivity index (χ1) is 15.0. The molecule has 0 saturated heterocycles. The van der Waals surface area contributed by atoms with Gasteiger partial charge in [-0.1, -0.05) is 12.1 Å². The van der Waals surface area contributed by atoms with Crippen molar-refractivity contribution in [1.29, 1.82) is 5.26 Å². The minimum atomic E-state index is 0.491. The summed E-state index contributed by atoms with van der Waals surface area (Å²) in [6.07, 6.45) is 1.56. The number of nitriles is 1. The van der Waals surface area contributed by atoms with Gasteiger partial charge in [-0.05, 0) is 50.6 Å². The van der Waals surface area contributed by atoms with Gasteiger partial charge in [-0.25, -0.2) is 4.98 Å². The second-order valence-electron chi connectivity index (χ2n) is 7.37. The molecule has 0 fully saturated rings. The second kappa shape index (κ2) is 7.45. The average molecular weight is 426 g/mol. The summed E-state index contributed by atoms with van der Waals surface area (Å²) in [5, 5.41) is 21.9. The molecule has 7 nitrogen and oxygen atoms in total. The van der Waals surface area contributed by atoms with Gasteiger partial charge in [0.2, 0.25) is 0 Å². The smallest absolute Gasteiger partial charge is 0.160 e. The van der Waals surface area contributed by atoms with Crippen molar-refractivity contribution in [3.05, 3.63) is 81.4 Å². The van der Waals surface area contributed by atoms with Gasteiger partial charge < -0.3 is 5.32 Å². The minimum Gasteiger partial charge on any atom is -0.340 e. The number of nitrogens with one attached hydrogen (secondary N) is 1. The fourth-order valence-corrected chi connectivity index (χ4v) is 4.90. The molecule has 0 unspecified atom stereocenters. The summed E-state index contributed by atoms with van der Waals surface area (Å²) in [6.45, 7) is 6.76. The highest BCUT2D eigenvalue weighted by Gasteiger charge is 2.26. The third kappa shape index (κ3) is 3.29. The summed E-state index contributed by atoms with van der Waals surface area (Å²) in [5.74, 6) is 2.43. The number of aliphatic imine (C=N–C) groups is 1. The molecule has 4 aromatic rings. The van der Waals surface area contributed by atoms with Crippen molar-refractivity contribution in [1.82, 2.24) is 19.7 Å². The van der Waals surface area contributed by atoms with E-state index in [4.69, 9.17) is 10.3 Å². The van der Waals surface area contributed by atoms with Crippen LogP contribution in [-0.4, -0.2) is 25.5 Å². The van der Waals surface area contributed by atoms with Crippen LogP contribution >= 0.6 is 11.3 Å². The first-order valence-corrected chi connectivity index (χ1v) is 10.7. The number of aromatic nitrogens is 4. The number of aryl methyl sites for hydroxylation is 2. The van der Waals surface area contributed by atoms with Crippen LogP contribution in [0.4, 0.5) is 11.5 Å². The lowest BCUT2D eigenvalue weighted by Gasteiger charge is -2.11. The van der Waals surface area contributed by atoms with Gasteiger partial charge >= 0.3 is 0 Å². The Morgan fingerprint density at radius 3 is 2.58 bits per heavy atom. The normalized spacial score (nSPS) is 12.4. The molecule has 3 aromatic heterocycles. The van der Waals surface area contributed by atoms with Crippen LogP contribution in [0.2, 0.25) is 0 Å². The summed E-state index contributed by atoms with van der Waals surface area (Å²) in [6, 6.07) is 13.8. The first-order valence-electron chi connectivity index (χ1n) is 9.85. The van der Waals surface area contributed by atoms with Gasteiger partial charge in [0.1, 0.15) is 29.3 Å². The Labute approximate surface area is 183 Å². The Kier molecular flexibility index (Phi) is 4.60. The first kappa shape index (κ1) is 19.2. The molecule has 31 heavy (non-hydrogen) atoms.